The highest BCUT2D eigenvalue weighted by Gasteiger charge is 2.16. The molecule has 1 saturated heterocycles. The van der Waals surface area contributed by atoms with Crippen molar-refractivity contribution in [3.05, 3.63) is 48.7 Å². The lowest BCUT2D eigenvalue weighted by molar-refractivity contribution is 0.125. The van der Waals surface area contributed by atoms with Gasteiger partial charge in [0, 0.05) is 63.1 Å². The van der Waals surface area contributed by atoms with Crippen molar-refractivity contribution in [1.82, 2.24) is 19.7 Å². The summed E-state index contributed by atoms with van der Waals surface area (Å²) in [6, 6.07) is 15.0. The van der Waals surface area contributed by atoms with Gasteiger partial charge in [-0.1, -0.05) is 24.3 Å². The predicted molar refractivity (Wildman–Crippen MR) is 124 cm³/mol. The van der Waals surface area contributed by atoms with Crippen molar-refractivity contribution in [3.8, 4) is 0 Å². The number of piperazine rings is 1. The first-order valence-electron chi connectivity index (χ1n) is 10.8. The Labute approximate surface area is 174 Å². The maximum Gasteiger partial charge on any atom is 0.0729 e. The monoisotopic (exact) mass is 391 g/mol. The largest absolute Gasteiger partial charge is 0.384 e. The number of hydrogen-bond donors (Lipinski definition) is 1. The van der Waals surface area contributed by atoms with Gasteiger partial charge in [-0.25, -0.2) is 0 Å². The lowest BCUT2D eigenvalue weighted by Crippen LogP contribution is -2.48. The number of aromatic nitrogens is 1. The molecule has 5 nitrogen and oxygen atoms in total. The van der Waals surface area contributed by atoms with E-state index in [-0.39, 0.29) is 0 Å². The second kappa shape index (κ2) is 9.53. The van der Waals surface area contributed by atoms with Crippen molar-refractivity contribution in [3.63, 3.8) is 0 Å². The van der Waals surface area contributed by atoms with Crippen LogP contribution in [-0.4, -0.2) is 86.1 Å². The molecule has 154 valence electrons. The lowest BCUT2D eigenvalue weighted by Gasteiger charge is -2.35. The van der Waals surface area contributed by atoms with E-state index >= 15 is 0 Å². The highest BCUT2D eigenvalue weighted by atomic mass is 15.3. The third-order valence-electron chi connectivity index (χ3n) is 5.90. The second-order valence-electron chi connectivity index (χ2n) is 8.34. The van der Waals surface area contributed by atoms with Gasteiger partial charge in [-0.2, -0.15) is 0 Å². The minimum Gasteiger partial charge on any atom is -0.384 e. The van der Waals surface area contributed by atoms with Gasteiger partial charge in [-0.3, -0.25) is 9.88 Å². The van der Waals surface area contributed by atoms with Crippen LogP contribution < -0.4 is 5.32 Å². The number of benzene rings is 2. The van der Waals surface area contributed by atoms with E-state index in [1.165, 1.54) is 61.1 Å². The number of rotatable bonds is 8. The first-order chi connectivity index (χ1) is 14.2. The number of likely N-dealkylation sites (N-methyl/N-ethyl adjacent to an activating group) is 1. The van der Waals surface area contributed by atoms with Gasteiger partial charge < -0.3 is 15.1 Å². The molecule has 0 spiro atoms. The topological polar surface area (TPSA) is 34.6 Å². The molecule has 0 aliphatic carbocycles. The Morgan fingerprint density at radius 1 is 0.931 bits per heavy atom. The second-order valence-corrected chi connectivity index (χ2v) is 8.34. The Hall–Kier alpha value is -2.21. The van der Waals surface area contributed by atoms with Crippen LogP contribution in [0.25, 0.3) is 21.7 Å². The van der Waals surface area contributed by atoms with Crippen LogP contribution in [0.3, 0.4) is 0 Å². The molecule has 1 aromatic heterocycles. The van der Waals surface area contributed by atoms with Crippen molar-refractivity contribution >= 4 is 27.4 Å². The van der Waals surface area contributed by atoms with Crippen molar-refractivity contribution in [2.24, 2.45) is 0 Å². The maximum atomic E-state index is 4.57. The molecular formula is C24H33N5. The molecule has 1 aliphatic rings. The highest BCUT2D eigenvalue weighted by Crippen LogP contribution is 2.26. The Bertz CT molecular complexity index is 931. The van der Waals surface area contributed by atoms with E-state index in [2.05, 4.69) is 81.6 Å². The molecule has 0 bridgehead atoms. The number of nitrogens with zero attached hydrogens (tertiary/aromatic N) is 4. The fourth-order valence-corrected chi connectivity index (χ4v) is 4.09. The van der Waals surface area contributed by atoms with Crippen LogP contribution in [0.1, 0.15) is 6.42 Å². The normalized spacial score (nSPS) is 16.1. The van der Waals surface area contributed by atoms with E-state index in [9.17, 15) is 0 Å². The van der Waals surface area contributed by atoms with Gasteiger partial charge in [-0.15, -0.1) is 0 Å². The molecule has 0 unspecified atom stereocenters. The van der Waals surface area contributed by atoms with Crippen LogP contribution in [0.15, 0.2) is 48.7 Å². The fraction of sp³-hybridized carbons (Fsp3) is 0.458. The number of pyridine rings is 1. The zero-order chi connectivity index (χ0) is 20.1. The SMILES string of the molecule is CN(C)CCN1CCN(CCCNc2ccnc3cc4ccccc4cc23)CC1. The van der Waals surface area contributed by atoms with Crippen molar-refractivity contribution in [2.75, 3.05) is 71.8 Å². The Morgan fingerprint density at radius 2 is 1.62 bits per heavy atom. The van der Waals surface area contributed by atoms with Gasteiger partial charge in [0.1, 0.15) is 0 Å². The summed E-state index contributed by atoms with van der Waals surface area (Å²) in [7, 11) is 4.30. The van der Waals surface area contributed by atoms with Gasteiger partial charge in [-0.05, 0) is 56.0 Å². The summed E-state index contributed by atoms with van der Waals surface area (Å²) in [4.78, 5) is 12.0. The quantitative estimate of drug-likeness (QED) is 0.470. The summed E-state index contributed by atoms with van der Waals surface area (Å²) >= 11 is 0. The number of fused-ring (bicyclic) bond motifs is 2. The average molecular weight is 392 g/mol. The molecule has 29 heavy (non-hydrogen) atoms. The maximum absolute atomic E-state index is 4.57. The molecule has 3 aromatic rings. The van der Waals surface area contributed by atoms with Gasteiger partial charge in [0.2, 0.25) is 0 Å². The molecular weight excluding hydrogens is 358 g/mol. The molecule has 4 rings (SSSR count). The fourth-order valence-electron chi connectivity index (χ4n) is 4.09. The van der Waals surface area contributed by atoms with Gasteiger partial charge in [0.05, 0.1) is 5.52 Å². The third kappa shape index (κ3) is 5.24. The molecule has 5 heteroatoms. The number of hydrogen-bond acceptors (Lipinski definition) is 5. The first-order valence-corrected chi connectivity index (χ1v) is 10.8. The standard InChI is InChI=1S/C24H33N5/c1-27(2)12-13-29-16-14-28(15-17-29)11-5-9-25-23-8-10-26-24-19-21-7-4-3-6-20(21)18-22(23)24/h3-4,6-8,10,18-19H,5,9,11-17H2,1-2H3,(H,25,26). The van der Waals surface area contributed by atoms with Crippen molar-refractivity contribution < 1.29 is 0 Å². The van der Waals surface area contributed by atoms with Crippen LogP contribution in [0, 0.1) is 0 Å². The van der Waals surface area contributed by atoms with E-state index in [1.807, 2.05) is 6.20 Å². The third-order valence-corrected chi connectivity index (χ3v) is 5.90. The average Bonchev–Trinajstić information content (AvgIpc) is 2.74. The number of anilines is 1. The number of nitrogens with one attached hydrogen (secondary N) is 1. The highest BCUT2D eigenvalue weighted by molar-refractivity contribution is 6.01. The Balaban J connectivity index is 1.27. The minimum atomic E-state index is 0.993. The molecule has 1 aliphatic heterocycles. The van der Waals surface area contributed by atoms with Crippen LogP contribution in [-0.2, 0) is 0 Å². The van der Waals surface area contributed by atoms with Crippen molar-refractivity contribution in [1.29, 1.82) is 0 Å². The summed E-state index contributed by atoms with van der Waals surface area (Å²) in [5, 5.41) is 7.37. The van der Waals surface area contributed by atoms with Crippen molar-refractivity contribution in [2.45, 2.75) is 6.42 Å². The van der Waals surface area contributed by atoms with E-state index in [1.54, 1.807) is 0 Å². The zero-order valence-corrected chi connectivity index (χ0v) is 17.8. The first kappa shape index (κ1) is 20.1. The Morgan fingerprint density at radius 3 is 2.34 bits per heavy atom. The molecule has 0 amide bonds. The van der Waals surface area contributed by atoms with E-state index in [4.69, 9.17) is 0 Å². The minimum absolute atomic E-state index is 0.993. The van der Waals surface area contributed by atoms with Gasteiger partial charge in [0.15, 0.2) is 0 Å². The van der Waals surface area contributed by atoms with Crippen LogP contribution in [0.4, 0.5) is 5.69 Å². The molecule has 1 fully saturated rings. The van der Waals surface area contributed by atoms with E-state index in [0.29, 0.717) is 0 Å². The molecule has 2 heterocycles. The molecule has 1 N–H and O–H groups in total. The van der Waals surface area contributed by atoms with Gasteiger partial charge in [0.25, 0.3) is 0 Å². The molecule has 0 radical (unpaired) electrons. The van der Waals surface area contributed by atoms with E-state index in [0.717, 1.165) is 25.0 Å². The summed E-state index contributed by atoms with van der Waals surface area (Å²) in [5.74, 6) is 0. The van der Waals surface area contributed by atoms with Crippen LogP contribution in [0.2, 0.25) is 0 Å². The lowest BCUT2D eigenvalue weighted by atomic mass is 10.1. The smallest absolute Gasteiger partial charge is 0.0729 e. The Kier molecular flexibility index (Phi) is 6.60. The van der Waals surface area contributed by atoms with Crippen LogP contribution >= 0.6 is 0 Å². The summed E-state index contributed by atoms with van der Waals surface area (Å²) in [6.07, 6.45) is 3.07. The molecule has 0 atom stereocenters. The van der Waals surface area contributed by atoms with Crippen LogP contribution in [0.5, 0.6) is 0 Å². The molecule has 0 saturated carbocycles. The summed E-state index contributed by atoms with van der Waals surface area (Å²) in [5.41, 5.74) is 2.25. The zero-order valence-electron chi connectivity index (χ0n) is 17.8. The summed E-state index contributed by atoms with van der Waals surface area (Å²) in [6.45, 7) is 9.28. The molecule has 2 aromatic carbocycles. The van der Waals surface area contributed by atoms with Gasteiger partial charge >= 0.3 is 0 Å². The summed E-state index contributed by atoms with van der Waals surface area (Å²) < 4.78 is 0. The van der Waals surface area contributed by atoms with E-state index < -0.39 is 0 Å². The predicted octanol–water partition coefficient (Wildman–Crippen LogP) is 3.37.